The lowest BCUT2D eigenvalue weighted by atomic mass is 10.0. The zero-order valence-corrected chi connectivity index (χ0v) is 12.7. The number of nitrogens with zero attached hydrogens (tertiary/aromatic N) is 1. The number of nitro groups is 1. The van der Waals surface area contributed by atoms with Crippen LogP contribution in [0.5, 0.6) is 0 Å². The van der Waals surface area contributed by atoms with Crippen LogP contribution < -0.4 is 5.32 Å². The van der Waals surface area contributed by atoms with Gasteiger partial charge in [0, 0.05) is 28.7 Å². The zero-order valence-electron chi connectivity index (χ0n) is 11.1. The predicted molar refractivity (Wildman–Crippen MR) is 78.0 cm³/mol. The molecule has 19 heavy (non-hydrogen) atoms. The van der Waals surface area contributed by atoms with Crippen LogP contribution in [-0.2, 0) is 6.54 Å². The minimum absolute atomic E-state index is 0.0278. The molecule has 0 amide bonds. The third-order valence-corrected chi connectivity index (χ3v) is 3.29. The Balaban J connectivity index is 2.75. The summed E-state index contributed by atoms with van der Waals surface area (Å²) in [5, 5.41) is 23.4. The number of rotatable bonds is 7. The SMILES string of the molecule is CC(C)CC(CO)NCc1cc(Br)ccc1[N+](=O)[O-]. The number of hydrogen-bond acceptors (Lipinski definition) is 4. The average Bonchev–Trinajstić information content (AvgIpc) is 2.33. The Labute approximate surface area is 121 Å². The summed E-state index contributed by atoms with van der Waals surface area (Å²) in [6.45, 7) is 4.55. The molecular formula is C13H19BrN2O3. The first-order chi connectivity index (χ1) is 8.93. The largest absolute Gasteiger partial charge is 0.395 e. The van der Waals surface area contributed by atoms with Crippen LogP contribution >= 0.6 is 15.9 Å². The Bertz CT molecular complexity index is 438. The molecule has 0 saturated carbocycles. The number of aliphatic hydroxyl groups excluding tert-OH is 1. The number of hydrogen-bond donors (Lipinski definition) is 2. The first-order valence-electron chi connectivity index (χ1n) is 6.21. The van der Waals surface area contributed by atoms with E-state index in [1.54, 1.807) is 12.1 Å². The molecule has 1 rings (SSSR count). The molecule has 5 nitrogen and oxygen atoms in total. The van der Waals surface area contributed by atoms with Crippen molar-refractivity contribution in [2.45, 2.75) is 32.9 Å². The summed E-state index contributed by atoms with van der Waals surface area (Å²) in [6.07, 6.45) is 0.832. The summed E-state index contributed by atoms with van der Waals surface area (Å²) in [7, 11) is 0. The smallest absolute Gasteiger partial charge is 0.273 e. The second-order valence-corrected chi connectivity index (χ2v) is 5.84. The Morgan fingerprint density at radius 1 is 1.47 bits per heavy atom. The molecule has 0 aliphatic carbocycles. The molecule has 1 atom stereocenters. The van der Waals surface area contributed by atoms with E-state index in [1.165, 1.54) is 6.07 Å². The summed E-state index contributed by atoms with van der Waals surface area (Å²) in [6, 6.07) is 4.82. The third-order valence-electron chi connectivity index (χ3n) is 2.80. The molecule has 106 valence electrons. The van der Waals surface area contributed by atoms with Gasteiger partial charge in [-0.15, -0.1) is 0 Å². The average molecular weight is 331 g/mol. The van der Waals surface area contributed by atoms with Gasteiger partial charge >= 0.3 is 0 Å². The lowest BCUT2D eigenvalue weighted by Crippen LogP contribution is -2.33. The van der Waals surface area contributed by atoms with Gasteiger partial charge in [0.15, 0.2) is 0 Å². The van der Waals surface area contributed by atoms with Gasteiger partial charge in [-0.2, -0.15) is 0 Å². The van der Waals surface area contributed by atoms with Gasteiger partial charge in [-0.05, 0) is 24.5 Å². The van der Waals surface area contributed by atoms with E-state index in [-0.39, 0.29) is 23.3 Å². The Morgan fingerprint density at radius 2 is 2.16 bits per heavy atom. The van der Waals surface area contributed by atoms with Crippen LogP contribution in [0.25, 0.3) is 0 Å². The van der Waals surface area contributed by atoms with Crippen molar-refractivity contribution >= 4 is 21.6 Å². The topological polar surface area (TPSA) is 75.4 Å². The zero-order chi connectivity index (χ0) is 14.4. The van der Waals surface area contributed by atoms with E-state index in [9.17, 15) is 15.2 Å². The number of nitrogens with one attached hydrogen (secondary N) is 1. The first kappa shape index (κ1) is 16.1. The summed E-state index contributed by atoms with van der Waals surface area (Å²) >= 11 is 3.31. The van der Waals surface area contributed by atoms with Crippen molar-refractivity contribution in [2.75, 3.05) is 6.61 Å². The maximum Gasteiger partial charge on any atom is 0.273 e. The molecule has 0 aromatic heterocycles. The Kier molecular flexibility index (Phi) is 6.41. The van der Waals surface area contributed by atoms with Crippen molar-refractivity contribution in [3.05, 3.63) is 38.3 Å². The van der Waals surface area contributed by atoms with Gasteiger partial charge in [0.1, 0.15) is 0 Å². The van der Waals surface area contributed by atoms with E-state index in [0.717, 1.165) is 10.9 Å². The van der Waals surface area contributed by atoms with Crippen LogP contribution in [0.1, 0.15) is 25.8 Å². The summed E-state index contributed by atoms with van der Waals surface area (Å²) in [5.41, 5.74) is 0.707. The van der Waals surface area contributed by atoms with Crippen molar-refractivity contribution in [2.24, 2.45) is 5.92 Å². The minimum Gasteiger partial charge on any atom is -0.395 e. The maximum atomic E-state index is 10.9. The van der Waals surface area contributed by atoms with E-state index < -0.39 is 0 Å². The minimum atomic E-state index is -0.389. The highest BCUT2D eigenvalue weighted by Crippen LogP contribution is 2.23. The molecule has 0 aliphatic heterocycles. The van der Waals surface area contributed by atoms with Gasteiger partial charge in [-0.25, -0.2) is 0 Å². The fourth-order valence-corrected chi connectivity index (χ4v) is 2.33. The van der Waals surface area contributed by atoms with Gasteiger partial charge in [0.05, 0.1) is 11.5 Å². The van der Waals surface area contributed by atoms with E-state index in [0.29, 0.717) is 18.0 Å². The van der Waals surface area contributed by atoms with Crippen molar-refractivity contribution in [1.82, 2.24) is 5.32 Å². The van der Waals surface area contributed by atoms with Gasteiger partial charge in [-0.1, -0.05) is 29.8 Å². The monoisotopic (exact) mass is 330 g/mol. The molecule has 0 aliphatic rings. The molecule has 1 unspecified atom stereocenters. The number of aliphatic hydroxyl groups is 1. The molecule has 0 spiro atoms. The summed E-state index contributed by atoms with van der Waals surface area (Å²) in [4.78, 5) is 10.5. The molecular weight excluding hydrogens is 312 g/mol. The first-order valence-corrected chi connectivity index (χ1v) is 7.00. The molecule has 1 aromatic rings. The highest BCUT2D eigenvalue weighted by atomic mass is 79.9. The van der Waals surface area contributed by atoms with Crippen molar-refractivity contribution in [3.8, 4) is 0 Å². The quantitative estimate of drug-likeness (QED) is 0.595. The van der Waals surface area contributed by atoms with Crippen LogP contribution in [0.3, 0.4) is 0 Å². The predicted octanol–water partition coefficient (Wildman–Crippen LogP) is 2.85. The molecule has 6 heteroatoms. The Hall–Kier alpha value is -0.980. The van der Waals surface area contributed by atoms with Gasteiger partial charge in [0.25, 0.3) is 5.69 Å². The normalized spacial score (nSPS) is 12.7. The fourth-order valence-electron chi connectivity index (χ4n) is 1.92. The number of benzene rings is 1. The second-order valence-electron chi connectivity index (χ2n) is 4.92. The van der Waals surface area contributed by atoms with Crippen LogP contribution in [-0.4, -0.2) is 22.7 Å². The number of halogens is 1. The van der Waals surface area contributed by atoms with Crippen LogP contribution in [0.4, 0.5) is 5.69 Å². The molecule has 0 heterocycles. The Morgan fingerprint density at radius 3 is 2.68 bits per heavy atom. The van der Waals surface area contributed by atoms with Crippen molar-refractivity contribution < 1.29 is 10.0 Å². The standard InChI is InChI=1S/C13H19BrN2O3/c1-9(2)5-12(8-17)15-7-10-6-11(14)3-4-13(10)16(18)19/h3-4,6,9,12,15,17H,5,7-8H2,1-2H3. The summed E-state index contributed by atoms with van der Waals surface area (Å²) < 4.78 is 0.805. The van der Waals surface area contributed by atoms with E-state index in [2.05, 4.69) is 35.1 Å². The van der Waals surface area contributed by atoms with Gasteiger partial charge in [0.2, 0.25) is 0 Å². The highest BCUT2D eigenvalue weighted by Gasteiger charge is 2.15. The maximum absolute atomic E-state index is 10.9. The van der Waals surface area contributed by atoms with Gasteiger partial charge < -0.3 is 10.4 Å². The lowest BCUT2D eigenvalue weighted by Gasteiger charge is -2.18. The molecule has 2 N–H and O–H groups in total. The number of nitro benzene ring substituents is 1. The van der Waals surface area contributed by atoms with E-state index in [4.69, 9.17) is 0 Å². The van der Waals surface area contributed by atoms with E-state index in [1.807, 2.05) is 0 Å². The van der Waals surface area contributed by atoms with Gasteiger partial charge in [-0.3, -0.25) is 10.1 Å². The van der Waals surface area contributed by atoms with E-state index >= 15 is 0 Å². The fraction of sp³-hybridized carbons (Fsp3) is 0.538. The molecule has 0 saturated heterocycles. The molecule has 0 fully saturated rings. The van der Waals surface area contributed by atoms with Crippen molar-refractivity contribution in [3.63, 3.8) is 0 Å². The summed E-state index contributed by atoms with van der Waals surface area (Å²) in [5.74, 6) is 0.460. The molecule has 1 aromatic carbocycles. The molecule has 0 bridgehead atoms. The third kappa shape index (κ3) is 5.26. The molecule has 0 radical (unpaired) electrons. The second kappa shape index (κ2) is 7.57. The van der Waals surface area contributed by atoms with Crippen LogP contribution in [0, 0.1) is 16.0 Å². The van der Waals surface area contributed by atoms with Crippen LogP contribution in [0.15, 0.2) is 22.7 Å². The van der Waals surface area contributed by atoms with Crippen molar-refractivity contribution in [1.29, 1.82) is 0 Å². The lowest BCUT2D eigenvalue weighted by molar-refractivity contribution is -0.385. The highest BCUT2D eigenvalue weighted by molar-refractivity contribution is 9.10. The van der Waals surface area contributed by atoms with Crippen LogP contribution in [0.2, 0.25) is 0 Å².